The number of hydrogen-bond donors (Lipinski definition) is 1. The predicted molar refractivity (Wildman–Crippen MR) is 65.2 cm³/mol. The molecule has 16 heavy (non-hydrogen) atoms. The lowest BCUT2D eigenvalue weighted by Gasteiger charge is -2.12. The second-order valence-corrected chi connectivity index (χ2v) is 4.95. The quantitative estimate of drug-likeness (QED) is 0.825. The van der Waals surface area contributed by atoms with Crippen LogP contribution >= 0.6 is 0 Å². The highest BCUT2D eigenvalue weighted by molar-refractivity contribution is 5.75. The molecule has 1 fully saturated rings. The number of nitrogens with one attached hydrogen (secondary N) is 1. The average Bonchev–Trinajstić information content (AvgIpc) is 3.00. The Balaban J connectivity index is 1.91. The lowest BCUT2D eigenvalue weighted by atomic mass is 10.0. The molecule has 0 spiro atoms. The number of hydrogen-bond acceptors (Lipinski definition) is 1. The molecule has 0 aromatic heterocycles. The molecule has 86 valence electrons. The van der Waals surface area contributed by atoms with Crippen LogP contribution in [-0.2, 0) is 4.79 Å². The summed E-state index contributed by atoms with van der Waals surface area (Å²) in [5.74, 6) is 0.769. The summed E-state index contributed by atoms with van der Waals surface area (Å²) in [5, 5.41) is 3.00. The predicted octanol–water partition coefficient (Wildman–Crippen LogP) is 2.71. The Morgan fingerprint density at radius 2 is 2.12 bits per heavy atom. The minimum Gasteiger partial charge on any atom is -0.356 e. The van der Waals surface area contributed by atoms with Gasteiger partial charge in [0, 0.05) is 13.0 Å². The van der Waals surface area contributed by atoms with Gasteiger partial charge >= 0.3 is 0 Å². The normalized spacial score (nSPS) is 27.5. The van der Waals surface area contributed by atoms with Crippen LogP contribution in [0.1, 0.15) is 38.2 Å². The molecule has 2 rings (SSSR count). The number of carbonyl (C=O) groups excluding carboxylic acids is 1. The Morgan fingerprint density at radius 3 is 2.75 bits per heavy atom. The molecule has 0 saturated heterocycles. The molecule has 1 aromatic carbocycles. The number of carbonyl (C=O) groups is 1. The van der Waals surface area contributed by atoms with Gasteiger partial charge in [-0.1, -0.05) is 44.2 Å². The van der Waals surface area contributed by atoms with Gasteiger partial charge in [0.1, 0.15) is 0 Å². The molecule has 0 aliphatic heterocycles. The van der Waals surface area contributed by atoms with Crippen molar-refractivity contribution in [1.29, 1.82) is 0 Å². The van der Waals surface area contributed by atoms with Crippen molar-refractivity contribution in [3.05, 3.63) is 35.9 Å². The highest BCUT2D eigenvalue weighted by Gasteiger charge is 2.50. The summed E-state index contributed by atoms with van der Waals surface area (Å²) < 4.78 is 0. The van der Waals surface area contributed by atoms with Gasteiger partial charge in [-0.05, 0) is 23.3 Å². The van der Waals surface area contributed by atoms with Gasteiger partial charge in [-0.2, -0.15) is 0 Å². The zero-order valence-electron chi connectivity index (χ0n) is 9.99. The van der Waals surface area contributed by atoms with Gasteiger partial charge < -0.3 is 5.32 Å². The van der Waals surface area contributed by atoms with Crippen LogP contribution in [0.2, 0.25) is 0 Å². The third-order valence-corrected chi connectivity index (χ3v) is 3.56. The molecule has 1 aliphatic carbocycles. The molecule has 1 saturated carbocycles. The monoisotopic (exact) mass is 217 g/mol. The van der Waals surface area contributed by atoms with Crippen molar-refractivity contribution in [2.75, 3.05) is 6.54 Å². The van der Waals surface area contributed by atoms with Crippen LogP contribution in [0.5, 0.6) is 0 Å². The second-order valence-electron chi connectivity index (χ2n) is 4.95. The molecular weight excluding hydrogens is 198 g/mol. The summed E-state index contributed by atoms with van der Waals surface area (Å²) in [6.45, 7) is 4.94. The van der Waals surface area contributed by atoms with Crippen molar-refractivity contribution < 1.29 is 4.79 Å². The van der Waals surface area contributed by atoms with Crippen molar-refractivity contribution in [2.24, 2.45) is 5.41 Å². The van der Waals surface area contributed by atoms with Crippen molar-refractivity contribution in [3.8, 4) is 0 Å². The fourth-order valence-corrected chi connectivity index (χ4v) is 2.23. The molecule has 1 aliphatic rings. The van der Waals surface area contributed by atoms with Gasteiger partial charge in [0.2, 0.25) is 5.91 Å². The Morgan fingerprint density at radius 1 is 1.44 bits per heavy atom. The smallest absolute Gasteiger partial charge is 0.219 e. The van der Waals surface area contributed by atoms with Gasteiger partial charge in [-0.25, -0.2) is 0 Å². The molecule has 0 bridgehead atoms. The van der Waals surface area contributed by atoms with Gasteiger partial charge in [-0.15, -0.1) is 0 Å². The van der Waals surface area contributed by atoms with Crippen molar-refractivity contribution in [2.45, 2.75) is 32.6 Å². The Kier molecular flexibility index (Phi) is 2.99. The second kappa shape index (κ2) is 4.28. The van der Waals surface area contributed by atoms with Crippen LogP contribution in [0.3, 0.4) is 0 Å². The average molecular weight is 217 g/mol. The van der Waals surface area contributed by atoms with E-state index >= 15 is 0 Å². The summed E-state index contributed by atoms with van der Waals surface area (Å²) in [6, 6.07) is 10.6. The molecule has 2 heteroatoms. The van der Waals surface area contributed by atoms with Crippen LogP contribution < -0.4 is 5.32 Å². The maximum atomic E-state index is 11.2. The Bertz CT molecular complexity index is 374. The van der Waals surface area contributed by atoms with Crippen molar-refractivity contribution >= 4 is 5.91 Å². The first-order valence-electron chi connectivity index (χ1n) is 5.97. The first-order chi connectivity index (χ1) is 7.65. The van der Waals surface area contributed by atoms with E-state index in [2.05, 4.69) is 36.5 Å². The minimum atomic E-state index is 0.153. The van der Waals surface area contributed by atoms with Crippen molar-refractivity contribution in [3.63, 3.8) is 0 Å². The molecule has 2 atom stereocenters. The molecule has 0 radical (unpaired) electrons. The van der Waals surface area contributed by atoms with E-state index in [0.29, 0.717) is 12.3 Å². The zero-order valence-corrected chi connectivity index (χ0v) is 9.99. The van der Waals surface area contributed by atoms with Gasteiger partial charge in [-0.3, -0.25) is 4.79 Å². The van der Waals surface area contributed by atoms with E-state index in [-0.39, 0.29) is 11.3 Å². The molecule has 1 N–H and O–H groups in total. The standard InChI is InChI=1S/C14H19NO/c1-3-13(16)15-10-14(2)9-12(14)11-7-5-4-6-8-11/h4-8,12H,3,9-10H2,1-2H3,(H,15,16). The van der Waals surface area contributed by atoms with Gasteiger partial charge in [0.05, 0.1) is 0 Å². The minimum absolute atomic E-state index is 0.153. The lowest BCUT2D eigenvalue weighted by molar-refractivity contribution is -0.121. The topological polar surface area (TPSA) is 29.1 Å². The third kappa shape index (κ3) is 2.26. The molecular formula is C14H19NO. The Hall–Kier alpha value is -1.31. The van der Waals surface area contributed by atoms with Gasteiger partial charge in [0.15, 0.2) is 0 Å². The summed E-state index contributed by atoms with van der Waals surface area (Å²) in [5.41, 5.74) is 1.67. The van der Waals surface area contributed by atoms with Crippen LogP contribution in [0, 0.1) is 5.41 Å². The van der Waals surface area contributed by atoms with Crippen LogP contribution in [-0.4, -0.2) is 12.5 Å². The number of amides is 1. The van der Waals surface area contributed by atoms with E-state index in [1.165, 1.54) is 12.0 Å². The fraction of sp³-hybridized carbons (Fsp3) is 0.500. The third-order valence-electron chi connectivity index (χ3n) is 3.56. The molecule has 1 amide bonds. The van der Waals surface area contributed by atoms with E-state index in [0.717, 1.165) is 6.54 Å². The molecule has 0 heterocycles. The lowest BCUT2D eigenvalue weighted by Crippen LogP contribution is -2.28. The first kappa shape index (κ1) is 11.2. The highest BCUT2D eigenvalue weighted by Crippen LogP contribution is 2.58. The number of benzene rings is 1. The van der Waals surface area contributed by atoms with E-state index in [9.17, 15) is 4.79 Å². The number of rotatable bonds is 4. The Labute approximate surface area is 97.1 Å². The van der Waals surface area contributed by atoms with Gasteiger partial charge in [0.25, 0.3) is 0 Å². The van der Waals surface area contributed by atoms with E-state index in [1.807, 2.05) is 13.0 Å². The zero-order chi connectivity index (χ0) is 11.6. The largest absolute Gasteiger partial charge is 0.356 e. The van der Waals surface area contributed by atoms with E-state index in [1.54, 1.807) is 0 Å². The first-order valence-corrected chi connectivity index (χ1v) is 5.97. The van der Waals surface area contributed by atoms with E-state index < -0.39 is 0 Å². The SMILES string of the molecule is CCC(=O)NCC1(C)CC1c1ccccc1. The van der Waals surface area contributed by atoms with E-state index in [4.69, 9.17) is 0 Å². The summed E-state index contributed by atoms with van der Waals surface area (Å²) in [6.07, 6.45) is 1.76. The van der Waals surface area contributed by atoms with Crippen LogP contribution in [0.15, 0.2) is 30.3 Å². The van der Waals surface area contributed by atoms with Crippen LogP contribution in [0.4, 0.5) is 0 Å². The highest BCUT2D eigenvalue weighted by atomic mass is 16.1. The summed E-state index contributed by atoms with van der Waals surface area (Å²) in [4.78, 5) is 11.2. The maximum absolute atomic E-state index is 11.2. The van der Waals surface area contributed by atoms with Crippen molar-refractivity contribution in [1.82, 2.24) is 5.32 Å². The molecule has 2 unspecified atom stereocenters. The fourth-order valence-electron chi connectivity index (χ4n) is 2.23. The summed E-state index contributed by atoms with van der Waals surface area (Å²) >= 11 is 0. The van der Waals surface area contributed by atoms with Crippen LogP contribution in [0.25, 0.3) is 0 Å². The summed E-state index contributed by atoms with van der Waals surface area (Å²) in [7, 11) is 0. The molecule has 2 nitrogen and oxygen atoms in total. The maximum Gasteiger partial charge on any atom is 0.219 e. The molecule has 1 aromatic rings.